The van der Waals surface area contributed by atoms with Crippen LogP contribution in [0.3, 0.4) is 0 Å². The van der Waals surface area contributed by atoms with Gasteiger partial charge in [0.2, 0.25) is 5.95 Å². The molecule has 2 aromatic heterocycles. The van der Waals surface area contributed by atoms with Gasteiger partial charge in [-0.05, 0) is 30.7 Å². The number of rotatable bonds is 6. The maximum Gasteiger partial charge on any atom is 0.573 e. The van der Waals surface area contributed by atoms with Crippen molar-refractivity contribution in [2.24, 2.45) is 5.92 Å². The van der Waals surface area contributed by atoms with Crippen molar-refractivity contribution in [2.45, 2.75) is 19.3 Å². The van der Waals surface area contributed by atoms with Crippen molar-refractivity contribution in [3.63, 3.8) is 0 Å². The highest BCUT2D eigenvalue weighted by molar-refractivity contribution is 5.97. The van der Waals surface area contributed by atoms with E-state index in [2.05, 4.69) is 15.2 Å². The fourth-order valence-electron chi connectivity index (χ4n) is 4.22. The molecule has 0 saturated carbocycles. The van der Waals surface area contributed by atoms with Gasteiger partial charge in [-0.2, -0.15) is 9.61 Å². The number of alkyl halides is 3. The van der Waals surface area contributed by atoms with Crippen molar-refractivity contribution in [3.05, 3.63) is 65.9 Å². The molecule has 0 aliphatic carbocycles. The topological polar surface area (TPSA) is 88.8 Å². The molecule has 0 unspecified atom stereocenters. The van der Waals surface area contributed by atoms with Crippen LogP contribution in [0.15, 0.2) is 54.6 Å². The zero-order valence-electron chi connectivity index (χ0n) is 18.3. The molecule has 0 radical (unpaired) electrons. The molecule has 1 atom stereocenters. The SMILES string of the molecule is O=C[C@H]1CCN(c2nc3ccccc3c3cc(CNC(=O)c4ccccc4OC(F)(F)F)nn23)C1. The van der Waals surface area contributed by atoms with Gasteiger partial charge in [-0.1, -0.05) is 30.3 Å². The van der Waals surface area contributed by atoms with Crippen LogP contribution in [-0.2, 0) is 11.3 Å². The molecule has 8 nitrogen and oxygen atoms in total. The normalized spacial score (nSPS) is 16.1. The molecule has 1 N–H and O–H groups in total. The number of carbonyl (C=O) groups is 2. The minimum atomic E-state index is -4.92. The number of nitrogens with zero attached hydrogens (tertiary/aromatic N) is 4. The Labute approximate surface area is 197 Å². The van der Waals surface area contributed by atoms with Gasteiger partial charge in [-0.25, -0.2) is 4.98 Å². The van der Waals surface area contributed by atoms with Gasteiger partial charge in [0.1, 0.15) is 12.0 Å². The van der Waals surface area contributed by atoms with Gasteiger partial charge in [0, 0.05) is 24.4 Å². The number of aromatic nitrogens is 3. The third kappa shape index (κ3) is 4.61. The second-order valence-electron chi connectivity index (χ2n) is 8.22. The summed E-state index contributed by atoms with van der Waals surface area (Å²) in [5.41, 5.74) is 1.79. The van der Waals surface area contributed by atoms with E-state index in [0.717, 1.165) is 35.2 Å². The van der Waals surface area contributed by atoms with Gasteiger partial charge in [-0.3, -0.25) is 4.79 Å². The Hall–Kier alpha value is -4.15. The molecule has 5 rings (SSSR count). The van der Waals surface area contributed by atoms with Crippen LogP contribution in [0.4, 0.5) is 19.1 Å². The molecule has 1 saturated heterocycles. The summed E-state index contributed by atoms with van der Waals surface area (Å²) >= 11 is 0. The van der Waals surface area contributed by atoms with Crippen LogP contribution in [0.1, 0.15) is 22.5 Å². The summed E-state index contributed by atoms with van der Waals surface area (Å²) in [6.45, 7) is 1.17. The molecule has 2 aromatic carbocycles. The number of carbonyl (C=O) groups excluding carboxylic acids is 2. The second kappa shape index (κ2) is 8.90. The quantitative estimate of drug-likeness (QED) is 0.421. The molecule has 35 heavy (non-hydrogen) atoms. The zero-order valence-corrected chi connectivity index (χ0v) is 18.3. The lowest BCUT2D eigenvalue weighted by atomic mass is 10.1. The summed E-state index contributed by atoms with van der Waals surface area (Å²) in [5.74, 6) is -0.793. The highest BCUT2D eigenvalue weighted by Crippen LogP contribution is 2.28. The number of halogens is 3. The minimum absolute atomic E-state index is 0.0222. The average molecular weight is 483 g/mol. The van der Waals surface area contributed by atoms with Crippen molar-refractivity contribution < 1.29 is 27.5 Å². The third-order valence-electron chi connectivity index (χ3n) is 5.84. The molecule has 1 aliphatic rings. The Morgan fingerprint density at radius 2 is 1.94 bits per heavy atom. The van der Waals surface area contributed by atoms with Gasteiger partial charge in [0.15, 0.2) is 0 Å². The molecule has 1 fully saturated rings. The highest BCUT2D eigenvalue weighted by atomic mass is 19.4. The van der Waals surface area contributed by atoms with Crippen LogP contribution < -0.4 is 15.0 Å². The number of benzene rings is 2. The number of ether oxygens (including phenoxy) is 1. The number of fused-ring (bicyclic) bond motifs is 3. The standard InChI is InChI=1S/C24H20F3N5O3/c25-24(26,27)35-21-8-4-2-6-18(21)22(34)28-12-16-11-20-17-5-1-3-7-19(17)29-23(32(20)30-16)31-10-9-15(13-31)14-33/h1-8,11,14-15H,9-10,12-13H2,(H,28,34)/t15-/m0/s1. The average Bonchev–Trinajstić information content (AvgIpc) is 3.49. The van der Waals surface area contributed by atoms with Crippen LogP contribution in [0.5, 0.6) is 5.75 Å². The molecular formula is C24H20F3N5O3. The number of amides is 1. The van der Waals surface area contributed by atoms with Crippen molar-refractivity contribution in [1.82, 2.24) is 19.9 Å². The Balaban J connectivity index is 1.44. The lowest BCUT2D eigenvalue weighted by Gasteiger charge is -2.18. The monoisotopic (exact) mass is 483 g/mol. The largest absolute Gasteiger partial charge is 0.573 e. The third-order valence-corrected chi connectivity index (χ3v) is 5.84. The van der Waals surface area contributed by atoms with Crippen LogP contribution >= 0.6 is 0 Å². The number of para-hydroxylation sites is 2. The van der Waals surface area contributed by atoms with Gasteiger partial charge in [-0.15, -0.1) is 13.2 Å². The number of nitrogens with one attached hydrogen (secondary N) is 1. The fraction of sp³-hybridized carbons (Fsp3) is 0.250. The molecule has 0 spiro atoms. The van der Waals surface area contributed by atoms with Crippen molar-refractivity contribution in [1.29, 1.82) is 0 Å². The smallest absolute Gasteiger partial charge is 0.405 e. The second-order valence-corrected chi connectivity index (χ2v) is 8.22. The highest BCUT2D eigenvalue weighted by Gasteiger charge is 2.33. The van der Waals surface area contributed by atoms with E-state index in [0.29, 0.717) is 24.7 Å². The number of anilines is 1. The Morgan fingerprint density at radius 1 is 1.17 bits per heavy atom. The summed E-state index contributed by atoms with van der Waals surface area (Å²) in [7, 11) is 0. The Morgan fingerprint density at radius 3 is 2.71 bits per heavy atom. The van der Waals surface area contributed by atoms with E-state index in [9.17, 15) is 22.8 Å². The van der Waals surface area contributed by atoms with E-state index in [1.54, 1.807) is 10.6 Å². The van der Waals surface area contributed by atoms with Crippen LogP contribution in [0.2, 0.25) is 0 Å². The fourth-order valence-corrected chi connectivity index (χ4v) is 4.22. The van der Waals surface area contributed by atoms with E-state index >= 15 is 0 Å². The van der Waals surface area contributed by atoms with Crippen LogP contribution in [-0.4, -0.2) is 46.2 Å². The van der Waals surface area contributed by atoms with E-state index in [1.165, 1.54) is 18.2 Å². The first-order valence-corrected chi connectivity index (χ1v) is 10.9. The summed E-state index contributed by atoms with van der Waals surface area (Å²) in [5, 5.41) is 8.07. The van der Waals surface area contributed by atoms with Gasteiger partial charge >= 0.3 is 6.36 Å². The first kappa shape index (κ1) is 22.6. The molecular weight excluding hydrogens is 463 g/mol. The molecule has 11 heteroatoms. The molecule has 3 heterocycles. The van der Waals surface area contributed by atoms with E-state index in [-0.39, 0.29) is 18.0 Å². The van der Waals surface area contributed by atoms with E-state index < -0.39 is 18.0 Å². The Kier molecular flexibility index (Phi) is 5.75. The summed E-state index contributed by atoms with van der Waals surface area (Å²) in [4.78, 5) is 30.7. The van der Waals surface area contributed by atoms with Gasteiger partial charge in [0.05, 0.1) is 28.8 Å². The van der Waals surface area contributed by atoms with E-state index in [4.69, 9.17) is 4.98 Å². The first-order chi connectivity index (χ1) is 16.8. The summed E-state index contributed by atoms with van der Waals surface area (Å²) < 4.78 is 43.7. The number of hydrogen-bond acceptors (Lipinski definition) is 6. The molecule has 1 aliphatic heterocycles. The molecule has 4 aromatic rings. The summed E-state index contributed by atoms with van der Waals surface area (Å²) in [6, 6.07) is 14.5. The van der Waals surface area contributed by atoms with Gasteiger partial charge in [0.25, 0.3) is 5.91 Å². The lowest BCUT2D eigenvalue weighted by Crippen LogP contribution is -2.26. The minimum Gasteiger partial charge on any atom is -0.405 e. The van der Waals surface area contributed by atoms with Crippen LogP contribution in [0, 0.1) is 5.92 Å². The lowest BCUT2D eigenvalue weighted by molar-refractivity contribution is -0.274. The van der Waals surface area contributed by atoms with Crippen molar-refractivity contribution >= 4 is 34.6 Å². The predicted octanol–water partition coefficient (Wildman–Crippen LogP) is 3.74. The summed E-state index contributed by atoms with van der Waals surface area (Å²) in [6.07, 6.45) is -3.24. The van der Waals surface area contributed by atoms with Crippen molar-refractivity contribution in [2.75, 3.05) is 18.0 Å². The Bertz CT molecular complexity index is 1420. The molecule has 0 bridgehead atoms. The van der Waals surface area contributed by atoms with Crippen LogP contribution in [0.25, 0.3) is 16.4 Å². The maximum absolute atomic E-state index is 12.7. The van der Waals surface area contributed by atoms with Crippen molar-refractivity contribution in [3.8, 4) is 5.75 Å². The zero-order chi connectivity index (χ0) is 24.6. The van der Waals surface area contributed by atoms with Gasteiger partial charge < -0.3 is 19.7 Å². The number of aldehydes is 1. The molecule has 1 amide bonds. The predicted molar refractivity (Wildman–Crippen MR) is 121 cm³/mol. The maximum atomic E-state index is 12.7. The number of hydrogen-bond donors (Lipinski definition) is 1. The van der Waals surface area contributed by atoms with E-state index in [1.807, 2.05) is 29.2 Å². The molecule has 180 valence electrons. The first-order valence-electron chi connectivity index (χ1n) is 10.9.